The molecule has 0 spiro atoms. The minimum absolute atomic E-state index is 0. The number of carbonyl (C=O) groups is 1. The molecule has 0 aliphatic carbocycles. The van der Waals surface area contributed by atoms with Crippen LogP contribution in [-0.4, -0.2) is 91.0 Å². The van der Waals surface area contributed by atoms with E-state index in [0.29, 0.717) is 45.1 Å². The number of nitrogens with one attached hydrogen (secondary N) is 1. The number of aliphatic imine (C=N–C) groups is 1. The lowest BCUT2D eigenvalue weighted by molar-refractivity contribution is -0.145. The van der Waals surface area contributed by atoms with Crippen LogP contribution in [-0.2, 0) is 14.8 Å². The molecule has 8 nitrogen and oxygen atoms in total. The van der Waals surface area contributed by atoms with E-state index in [-0.39, 0.29) is 53.8 Å². The molecule has 0 bridgehead atoms. The summed E-state index contributed by atoms with van der Waals surface area (Å²) in [5.74, 6) is 0.995. The van der Waals surface area contributed by atoms with Crippen LogP contribution in [0.4, 0.5) is 0 Å². The third-order valence-electron chi connectivity index (χ3n) is 4.79. The van der Waals surface area contributed by atoms with Gasteiger partial charge in [0, 0.05) is 32.2 Å². The molecule has 27 heavy (non-hydrogen) atoms. The highest BCUT2D eigenvalue weighted by Gasteiger charge is 2.40. The van der Waals surface area contributed by atoms with E-state index in [1.807, 2.05) is 30.6 Å². The monoisotopic (exact) mass is 515 g/mol. The van der Waals surface area contributed by atoms with Crippen molar-refractivity contribution < 1.29 is 13.2 Å². The van der Waals surface area contributed by atoms with Gasteiger partial charge < -0.3 is 15.1 Å². The number of piperazine rings is 1. The zero-order valence-electron chi connectivity index (χ0n) is 17.1. The van der Waals surface area contributed by atoms with E-state index in [1.165, 1.54) is 4.31 Å². The number of sulfonamides is 1. The van der Waals surface area contributed by atoms with E-state index < -0.39 is 10.0 Å². The average molecular weight is 515 g/mol. The Morgan fingerprint density at radius 3 is 2.48 bits per heavy atom. The van der Waals surface area contributed by atoms with Crippen LogP contribution in [0.15, 0.2) is 4.99 Å². The van der Waals surface area contributed by atoms with Crippen molar-refractivity contribution in [3.05, 3.63) is 0 Å². The highest BCUT2D eigenvalue weighted by Crippen LogP contribution is 2.24. The van der Waals surface area contributed by atoms with Gasteiger partial charge in [0.05, 0.1) is 24.4 Å². The molecule has 0 unspecified atom stereocenters. The van der Waals surface area contributed by atoms with Crippen molar-refractivity contribution in [2.45, 2.75) is 52.6 Å². The van der Waals surface area contributed by atoms with Crippen LogP contribution >= 0.6 is 24.0 Å². The lowest BCUT2D eigenvalue weighted by atomic mass is 9.96. The summed E-state index contributed by atoms with van der Waals surface area (Å²) in [5.41, 5.74) is -0.294. The van der Waals surface area contributed by atoms with Gasteiger partial charge in [-0.25, -0.2) is 12.7 Å². The highest BCUT2D eigenvalue weighted by atomic mass is 127. The van der Waals surface area contributed by atoms with Gasteiger partial charge in [-0.15, -0.1) is 24.0 Å². The zero-order valence-corrected chi connectivity index (χ0v) is 20.2. The number of halogens is 1. The summed E-state index contributed by atoms with van der Waals surface area (Å²) in [6.07, 6.45) is 0.686. The van der Waals surface area contributed by atoms with E-state index >= 15 is 0 Å². The third kappa shape index (κ3) is 5.93. The summed E-state index contributed by atoms with van der Waals surface area (Å²) in [4.78, 5) is 21.2. The predicted molar refractivity (Wildman–Crippen MR) is 119 cm³/mol. The number of nitrogens with zero attached hydrogens (tertiary/aromatic N) is 4. The van der Waals surface area contributed by atoms with Gasteiger partial charge in [0.15, 0.2) is 5.96 Å². The normalized spacial score (nSPS) is 22.9. The Hall–Kier alpha value is -0.620. The second-order valence-corrected chi connectivity index (χ2v) is 9.92. The number of rotatable bonds is 5. The summed E-state index contributed by atoms with van der Waals surface area (Å²) in [6.45, 7) is 13.2. The molecule has 0 saturated carbocycles. The number of hydrogen-bond acceptors (Lipinski definition) is 4. The van der Waals surface area contributed by atoms with Crippen molar-refractivity contribution >= 4 is 45.9 Å². The molecule has 2 heterocycles. The Balaban J connectivity index is 0.00000364. The number of amides is 1. The van der Waals surface area contributed by atoms with Crippen LogP contribution in [0.25, 0.3) is 0 Å². The molecule has 158 valence electrons. The standard InChI is InChI=1S/C17H33N5O3S.HI/c1-6-18-16(19-8-10-21-9-7-11-26(21,24)25)20-12-15(23)22(14(2)3)17(4,5)13-20;/h14H,6-13H2,1-5H3,(H,18,19);1H. The topological polar surface area (TPSA) is 85.3 Å². The molecule has 0 atom stereocenters. The summed E-state index contributed by atoms with van der Waals surface area (Å²) >= 11 is 0. The minimum Gasteiger partial charge on any atom is -0.357 e. The second kappa shape index (κ2) is 9.73. The fourth-order valence-electron chi connectivity index (χ4n) is 3.95. The van der Waals surface area contributed by atoms with Gasteiger partial charge in [-0.3, -0.25) is 9.79 Å². The van der Waals surface area contributed by atoms with E-state index in [2.05, 4.69) is 24.2 Å². The van der Waals surface area contributed by atoms with Crippen LogP contribution in [0.2, 0.25) is 0 Å². The smallest absolute Gasteiger partial charge is 0.242 e. The molecular weight excluding hydrogens is 481 g/mol. The lowest BCUT2D eigenvalue weighted by Gasteiger charge is -2.49. The maximum atomic E-state index is 12.7. The first-order valence-electron chi connectivity index (χ1n) is 9.41. The zero-order chi connectivity index (χ0) is 19.5. The van der Waals surface area contributed by atoms with Crippen molar-refractivity contribution in [2.24, 2.45) is 4.99 Å². The van der Waals surface area contributed by atoms with Crippen LogP contribution in [0.3, 0.4) is 0 Å². The Labute approximate surface area is 180 Å². The van der Waals surface area contributed by atoms with Gasteiger partial charge in [-0.05, 0) is 41.0 Å². The van der Waals surface area contributed by atoms with Gasteiger partial charge in [-0.2, -0.15) is 0 Å². The third-order valence-corrected chi connectivity index (χ3v) is 6.75. The first-order chi connectivity index (χ1) is 12.1. The maximum Gasteiger partial charge on any atom is 0.242 e. The summed E-state index contributed by atoms with van der Waals surface area (Å²) in [7, 11) is -3.10. The Kier molecular flexibility index (Phi) is 8.80. The highest BCUT2D eigenvalue weighted by molar-refractivity contribution is 14.0. The summed E-state index contributed by atoms with van der Waals surface area (Å²) in [6, 6.07) is 0.152. The number of guanidine groups is 1. The molecule has 2 aliphatic heterocycles. The quantitative estimate of drug-likeness (QED) is 0.335. The fraction of sp³-hybridized carbons (Fsp3) is 0.882. The minimum atomic E-state index is -3.10. The van der Waals surface area contributed by atoms with Gasteiger partial charge >= 0.3 is 0 Å². The Bertz CT molecular complexity index is 651. The maximum absolute atomic E-state index is 12.7. The van der Waals surface area contributed by atoms with Crippen molar-refractivity contribution in [1.29, 1.82) is 0 Å². The summed E-state index contributed by atoms with van der Waals surface area (Å²) < 4.78 is 25.3. The molecule has 2 aliphatic rings. The van der Waals surface area contributed by atoms with E-state index in [9.17, 15) is 13.2 Å². The molecule has 2 fully saturated rings. The fourth-order valence-corrected chi connectivity index (χ4v) is 5.47. The first kappa shape index (κ1) is 24.4. The second-order valence-electron chi connectivity index (χ2n) is 7.83. The van der Waals surface area contributed by atoms with Crippen LogP contribution in [0, 0.1) is 0 Å². The van der Waals surface area contributed by atoms with Crippen molar-refractivity contribution in [1.82, 2.24) is 19.4 Å². The van der Waals surface area contributed by atoms with E-state index in [1.54, 1.807) is 0 Å². The van der Waals surface area contributed by atoms with Crippen molar-refractivity contribution in [2.75, 3.05) is 45.0 Å². The predicted octanol–water partition coefficient (Wildman–Crippen LogP) is 0.937. The first-order valence-corrected chi connectivity index (χ1v) is 11.0. The molecule has 1 N–H and O–H groups in total. The Morgan fingerprint density at radius 1 is 1.33 bits per heavy atom. The summed E-state index contributed by atoms with van der Waals surface area (Å²) in [5, 5.41) is 3.24. The average Bonchev–Trinajstić information content (AvgIpc) is 2.83. The van der Waals surface area contributed by atoms with Gasteiger partial charge in [-0.1, -0.05) is 0 Å². The molecule has 1 amide bonds. The molecule has 10 heteroatoms. The molecule has 0 radical (unpaired) electrons. The van der Waals surface area contributed by atoms with Crippen molar-refractivity contribution in [3.63, 3.8) is 0 Å². The molecule has 0 aromatic heterocycles. The largest absolute Gasteiger partial charge is 0.357 e. The number of hydrogen-bond donors (Lipinski definition) is 1. The molecule has 0 aromatic carbocycles. The molecular formula is C17H34IN5O3S. The van der Waals surface area contributed by atoms with Crippen LogP contribution < -0.4 is 5.32 Å². The van der Waals surface area contributed by atoms with Crippen molar-refractivity contribution in [3.8, 4) is 0 Å². The molecule has 0 aromatic rings. The van der Waals surface area contributed by atoms with E-state index in [4.69, 9.17) is 0 Å². The molecule has 2 rings (SSSR count). The lowest BCUT2D eigenvalue weighted by Crippen LogP contribution is -2.66. The number of carbonyl (C=O) groups excluding carboxylic acids is 1. The van der Waals surface area contributed by atoms with Gasteiger partial charge in [0.1, 0.15) is 0 Å². The van der Waals surface area contributed by atoms with E-state index in [0.717, 1.165) is 0 Å². The van der Waals surface area contributed by atoms with Gasteiger partial charge in [0.2, 0.25) is 15.9 Å². The Morgan fingerprint density at radius 2 is 2.00 bits per heavy atom. The van der Waals surface area contributed by atoms with Gasteiger partial charge in [0.25, 0.3) is 0 Å². The SMILES string of the molecule is CCNC(=NCCN1CCCS1(=O)=O)N1CC(=O)N(C(C)C)C(C)(C)C1.I. The molecule has 2 saturated heterocycles. The van der Waals surface area contributed by atoms with Crippen LogP contribution in [0.1, 0.15) is 41.0 Å². The van der Waals surface area contributed by atoms with Crippen LogP contribution in [0.5, 0.6) is 0 Å².